The Morgan fingerprint density at radius 3 is 2.84 bits per heavy atom. The number of carbonyl (C=O) groups excluding carboxylic acids is 1. The number of rotatable bonds is 7. The van der Waals surface area contributed by atoms with E-state index in [1.807, 2.05) is 6.92 Å². The Kier molecular flexibility index (Phi) is 5.97. The number of nitrogens with one attached hydrogen (secondary N) is 3. The number of hydroxylamine groups is 1. The van der Waals surface area contributed by atoms with Gasteiger partial charge in [-0.3, -0.25) is 14.8 Å². The van der Waals surface area contributed by atoms with E-state index in [0.717, 1.165) is 12.8 Å². The number of ether oxygens (including phenoxy) is 1. The quantitative estimate of drug-likeness (QED) is 0.326. The minimum Gasteiger partial charge on any atom is -0.493 e. The average molecular weight is 439 g/mol. The molecule has 1 aliphatic heterocycles. The van der Waals surface area contributed by atoms with Gasteiger partial charge in [-0.2, -0.15) is 0 Å². The van der Waals surface area contributed by atoms with Gasteiger partial charge in [-0.15, -0.1) is 0 Å². The molecule has 0 fully saturated rings. The van der Waals surface area contributed by atoms with Crippen LogP contribution in [0, 0.1) is 0 Å². The Morgan fingerprint density at radius 1 is 1.31 bits per heavy atom. The van der Waals surface area contributed by atoms with Crippen LogP contribution in [0.1, 0.15) is 49.0 Å². The van der Waals surface area contributed by atoms with Crippen LogP contribution in [0.4, 0.5) is 5.69 Å². The fourth-order valence-electron chi connectivity index (χ4n) is 3.85. The fourth-order valence-corrected chi connectivity index (χ4v) is 3.85. The van der Waals surface area contributed by atoms with Gasteiger partial charge < -0.3 is 19.1 Å². The lowest BCUT2D eigenvalue weighted by Crippen LogP contribution is -2.32. The van der Waals surface area contributed by atoms with E-state index in [1.54, 1.807) is 41.8 Å². The average Bonchev–Trinajstić information content (AvgIpc) is 3.39. The Labute approximate surface area is 184 Å². The minimum absolute atomic E-state index is 0.0292. The van der Waals surface area contributed by atoms with Crippen molar-refractivity contribution in [3.63, 3.8) is 0 Å². The van der Waals surface area contributed by atoms with Crippen LogP contribution in [0.3, 0.4) is 0 Å². The highest BCUT2D eigenvalue weighted by molar-refractivity contribution is 5.91. The molecule has 168 valence electrons. The molecule has 10 nitrogen and oxygen atoms in total. The Balaban J connectivity index is 1.82. The topological polar surface area (TPSA) is 133 Å². The molecule has 0 radical (unpaired) electrons. The van der Waals surface area contributed by atoms with Gasteiger partial charge in [0.1, 0.15) is 23.0 Å². The molecule has 1 aliphatic rings. The SMILES string of the molecule is CCCC1NN(C)c2c1nc(-c1cc(-c3ccc(C(=O)NO)o3)ccc1OCC)[nH]c2=O. The highest BCUT2D eigenvalue weighted by atomic mass is 16.5. The molecule has 0 saturated carbocycles. The Bertz CT molecular complexity index is 1200. The van der Waals surface area contributed by atoms with Gasteiger partial charge in [0.2, 0.25) is 0 Å². The third kappa shape index (κ3) is 3.85. The van der Waals surface area contributed by atoms with E-state index in [2.05, 4.69) is 17.3 Å². The summed E-state index contributed by atoms with van der Waals surface area (Å²) in [5.41, 5.74) is 7.04. The van der Waals surface area contributed by atoms with Crippen LogP contribution in [0.5, 0.6) is 5.75 Å². The zero-order valence-corrected chi connectivity index (χ0v) is 18.1. The van der Waals surface area contributed by atoms with E-state index >= 15 is 0 Å². The maximum Gasteiger partial charge on any atom is 0.310 e. The van der Waals surface area contributed by atoms with Crippen molar-refractivity contribution in [2.45, 2.75) is 32.7 Å². The van der Waals surface area contributed by atoms with E-state index in [1.165, 1.54) is 6.07 Å². The molecule has 0 bridgehead atoms. The molecule has 1 aromatic carbocycles. The molecule has 4 N–H and O–H groups in total. The largest absolute Gasteiger partial charge is 0.493 e. The zero-order valence-electron chi connectivity index (χ0n) is 18.1. The van der Waals surface area contributed by atoms with Crippen LogP contribution >= 0.6 is 0 Å². The predicted molar refractivity (Wildman–Crippen MR) is 118 cm³/mol. The van der Waals surface area contributed by atoms with Gasteiger partial charge in [-0.05, 0) is 43.7 Å². The molecule has 0 spiro atoms. The first-order chi connectivity index (χ1) is 15.5. The lowest BCUT2D eigenvalue weighted by Gasteiger charge is -2.13. The van der Waals surface area contributed by atoms with Crippen LogP contribution in [0.2, 0.25) is 0 Å². The summed E-state index contributed by atoms with van der Waals surface area (Å²) in [5.74, 6) is 0.591. The summed E-state index contributed by atoms with van der Waals surface area (Å²) in [4.78, 5) is 32.2. The number of H-pyrrole nitrogens is 1. The van der Waals surface area contributed by atoms with Crippen molar-refractivity contribution >= 4 is 11.6 Å². The summed E-state index contributed by atoms with van der Waals surface area (Å²) in [6.07, 6.45) is 1.78. The van der Waals surface area contributed by atoms with E-state index in [0.29, 0.717) is 46.4 Å². The van der Waals surface area contributed by atoms with Crippen LogP contribution < -0.4 is 26.2 Å². The number of furan rings is 1. The molecule has 3 heterocycles. The number of amides is 1. The molecule has 1 amide bonds. The molecular formula is C22H25N5O5. The van der Waals surface area contributed by atoms with Crippen molar-refractivity contribution in [2.24, 2.45) is 0 Å². The highest BCUT2D eigenvalue weighted by Crippen LogP contribution is 2.36. The second-order valence-electron chi connectivity index (χ2n) is 7.43. The Hall–Kier alpha value is -3.63. The third-order valence-electron chi connectivity index (χ3n) is 5.26. The number of benzene rings is 1. The molecule has 1 unspecified atom stereocenters. The number of nitrogens with zero attached hydrogens (tertiary/aromatic N) is 2. The normalized spacial score (nSPS) is 15.0. The number of aromatic amines is 1. The molecule has 2 aromatic heterocycles. The third-order valence-corrected chi connectivity index (χ3v) is 5.26. The van der Waals surface area contributed by atoms with E-state index < -0.39 is 5.91 Å². The van der Waals surface area contributed by atoms with Crippen LogP contribution in [0.15, 0.2) is 39.5 Å². The van der Waals surface area contributed by atoms with E-state index in [-0.39, 0.29) is 17.4 Å². The van der Waals surface area contributed by atoms with Crippen molar-refractivity contribution in [1.29, 1.82) is 0 Å². The highest BCUT2D eigenvalue weighted by Gasteiger charge is 2.31. The summed E-state index contributed by atoms with van der Waals surface area (Å²) in [7, 11) is 1.80. The van der Waals surface area contributed by atoms with E-state index in [4.69, 9.17) is 19.3 Å². The van der Waals surface area contributed by atoms with Crippen molar-refractivity contribution in [3.8, 4) is 28.5 Å². The summed E-state index contributed by atoms with van der Waals surface area (Å²) in [6, 6.07) is 8.38. The summed E-state index contributed by atoms with van der Waals surface area (Å²) < 4.78 is 11.3. The monoisotopic (exact) mass is 439 g/mol. The first-order valence-corrected chi connectivity index (χ1v) is 10.4. The van der Waals surface area contributed by atoms with E-state index in [9.17, 15) is 9.59 Å². The standard InChI is InChI=1S/C22H25N5O5/c1-4-6-14-18-19(27(3)25-14)22(29)24-20(23-18)13-11-12(7-8-16(13)31-5-2)15-9-10-17(32-15)21(28)26-30/h7-11,14,25,30H,4-6H2,1-3H3,(H,26,28)(H,23,24,29). The lowest BCUT2D eigenvalue weighted by atomic mass is 10.1. The molecule has 0 saturated heterocycles. The fraction of sp³-hybridized carbons (Fsp3) is 0.318. The number of hydrogen-bond donors (Lipinski definition) is 4. The van der Waals surface area contributed by atoms with Crippen molar-refractivity contribution < 1.29 is 19.2 Å². The molecule has 1 atom stereocenters. The molecule has 32 heavy (non-hydrogen) atoms. The van der Waals surface area contributed by atoms with Crippen LogP contribution in [0.25, 0.3) is 22.7 Å². The molecular weight excluding hydrogens is 414 g/mol. The lowest BCUT2D eigenvalue weighted by molar-refractivity contribution is 0.0677. The van der Waals surface area contributed by atoms with Gasteiger partial charge in [0.25, 0.3) is 5.56 Å². The molecule has 10 heteroatoms. The van der Waals surface area contributed by atoms with Gasteiger partial charge in [-0.1, -0.05) is 13.3 Å². The predicted octanol–water partition coefficient (Wildman–Crippen LogP) is 3.01. The van der Waals surface area contributed by atoms with Crippen LogP contribution in [-0.2, 0) is 0 Å². The molecule has 0 aliphatic carbocycles. The van der Waals surface area contributed by atoms with Crippen LogP contribution in [-0.4, -0.2) is 34.7 Å². The smallest absolute Gasteiger partial charge is 0.310 e. The van der Waals surface area contributed by atoms with Crippen molar-refractivity contribution in [2.75, 3.05) is 18.7 Å². The van der Waals surface area contributed by atoms with Gasteiger partial charge in [0, 0.05) is 12.6 Å². The maximum absolute atomic E-state index is 12.9. The first-order valence-electron chi connectivity index (χ1n) is 10.4. The summed E-state index contributed by atoms with van der Waals surface area (Å²) in [6.45, 7) is 4.39. The van der Waals surface area contributed by atoms with Gasteiger partial charge in [0.05, 0.1) is 23.9 Å². The Morgan fingerprint density at radius 2 is 2.12 bits per heavy atom. The number of hydrazine groups is 1. The second kappa shape index (κ2) is 8.85. The second-order valence-corrected chi connectivity index (χ2v) is 7.43. The van der Waals surface area contributed by atoms with Gasteiger partial charge in [-0.25, -0.2) is 15.9 Å². The molecule has 4 rings (SSSR count). The summed E-state index contributed by atoms with van der Waals surface area (Å²) in [5, 5.41) is 10.5. The van der Waals surface area contributed by atoms with Gasteiger partial charge in [0.15, 0.2) is 5.76 Å². The number of fused-ring (bicyclic) bond motifs is 1. The van der Waals surface area contributed by atoms with Gasteiger partial charge >= 0.3 is 5.91 Å². The molecule has 3 aromatic rings. The number of carbonyl (C=O) groups is 1. The number of anilines is 1. The zero-order chi connectivity index (χ0) is 22.8. The minimum atomic E-state index is -0.745. The summed E-state index contributed by atoms with van der Waals surface area (Å²) >= 11 is 0. The number of aromatic nitrogens is 2. The maximum atomic E-state index is 12.9. The van der Waals surface area contributed by atoms with Crippen molar-refractivity contribution in [3.05, 3.63) is 52.1 Å². The van der Waals surface area contributed by atoms with Crippen molar-refractivity contribution in [1.82, 2.24) is 20.9 Å². The first kappa shape index (κ1) is 21.6. The number of hydrogen-bond acceptors (Lipinski definition) is 8.